The van der Waals surface area contributed by atoms with Crippen molar-refractivity contribution in [2.45, 2.75) is 40.0 Å². The van der Waals surface area contributed by atoms with Gasteiger partial charge in [-0.25, -0.2) is 0 Å². The number of anilines is 3. The van der Waals surface area contributed by atoms with Gasteiger partial charge in [0, 0.05) is 42.6 Å². The van der Waals surface area contributed by atoms with Gasteiger partial charge in [-0.2, -0.15) is 0 Å². The van der Waals surface area contributed by atoms with Crippen LogP contribution in [0.1, 0.15) is 41.7 Å². The lowest BCUT2D eigenvalue weighted by Crippen LogP contribution is -2.16. The highest BCUT2D eigenvalue weighted by atomic mass is 32.1. The van der Waals surface area contributed by atoms with Crippen molar-refractivity contribution in [3.8, 4) is 44.5 Å². The van der Waals surface area contributed by atoms with E-state index in [9.17, 15) is 0 Å². The molecule has 0 fully saturated rings. The first-order valence-electron chi connectivity index (χ1n) is 21.6. The van der Waals surface area contributed by atoms with Crippen molar-refractivity contribution in [1.29, 1.82) is 0 Å². The maximum absolute atomic E-state index is 2.42. The molecule has 0 N–H and O–H groups in total. The van der Waals surface area contributed by atoms with Crippen LogP contribution in [0.25, 0.3) is 64.7 Å². The van der Waals surface area contributed by atoms with Crippen LogP contribution in [-0.4, -0.2) is 0 Å². The summed E-state index contributed by atoms with van der Waals surface area (Å²) in [4.78, 5) is 2.42. The Kier molecular flexibility index (Phi) is 10.2. The Morgan fingerprint density at radius 1 is 0.371 bits per heavy atom. The molecule has 62 heavy (non-hydrogen) atoms. The number of rotatable bonds is 6. The number of fused-ring (bicyclic) bond motifs is 6. The molecule has 2 heteroatoms. The Morgan fingerprint density at radius 3 is 1.66 bits per heavy atom. The molecule has 0 saturated heterocycles. The smallest absolute Gasteiger partial charge is 0.0465 e. The highest BCUT2D eigenvalue weighted by Crippen LogP contribution is 2.51. The summed E-state index contributed by atoms with van der Waals surface area (Å²) in [6.07, 6.45) is 0. The lowest BCUT2D eigenvalue weighted by molar-refractivity contribution is 0.660. The number of hydrogen-bond donors (Lipinski definition) is 0. The van der Waals surface area contributed by atoms with Crippen LogP contribution in [0.5, 0.6) is 0 Å². The van der Waals surface area contributed by atoms with Crippen molar-refractivity contribution >= 4 is 48.6 Å². The van der Waals surface area contributed by atoms with E-state index in [0.29, 0.717) is 0 Å². The van der Waals surface area contributed by atoms with Gasteiger partial charge in [0.1, 0.15) is 0 Å². The van der Waals surface area contributed by atoms with E-state index in [0.717, 1.165) is 17.1 Å². The SMILES string of the molecule is Cc1ccccc1.Cc1ccccc1-c1cc(-c2ccc(N(c3ccc(-c4cccc5c4sc4ccccc45)cc3)c3ccc4c(c3)C(C)(C)c3ccccc3-4)cc2)ccc1C. The Labute approximate surface area is 370 Å². The van der Waals surface area contributed by atoms with Gasteiger partial charge in [0.05, 0.1) is 0 Å². The number of thiophene rings is 1. The fraction of sp³-hybridized carbons (Fsp3) is 0.100. The zero-order valence-electron chi connectivity index (χ0n) is 36.0. The fourth-order valence-corrected chi connectivity index (χ4v) is 10.6. The van der Waals surface area contributed by atoms with E-state index in [-0.39, 0.29) is 5.41 Å². The molecule has 0 bridgehead atoms. The van der Waals surface area contributed by atoms with Crippen LogP contribution in [0.4, 0.5) is 17.1 Å². The van der Waals surface area contributed by atoms with E-state index < -0.39 is 0 Å². The van der Waals surface area contributed by atoms with Gasteiger partial charge in [-0.3, -0.25) is 0 Å². The second-order valence-electron chi connectivity index (χ2n) is 17.1. The second kappa shape index (κ2) is 16.1. The Bertz CT molecular complexity index is 3220. The average Bonchev–Trinajstić information content (AvgIpc) is 3.80. The quantitative estimate of drug-likeness (QED) is 0.162. The summed E-state index contributed by atoms with van der Waals surface area (Å²) in [5.41, 5.74) is 20.2. The summed E-state index contributed by atoms with van der Waals surface area (Å²) in [5.74, 6) is 0. The molecular weight excluding hydrogens is 767 g/mol. The van der Waals surface area contributed by atoms with Crippen molar-refractivity contribution in [3.05, 3.63) is 234 Å². The molecule has 1 aliphatic carbocycles. The number of aryl methyl sites for hydroxylation is 3. The minimum atomic E-state index is -0.0927. The predicted molar refractivity (Wildman–Crippen MR) is 269 cm³/mol. The summed E-state index contributed by atoms with van der Waals surface area (Å²) in [7, 11) is 0. The minimum Gasteiger partial charge on any atom is -0.310 e. The first-order chi connectivity index (χ1) is 30.2. The average molecular weight is 816 g/mol. The van der Waals surface area contributed by atoms with Crippen LogP contribution in [0, 0.1) is 20.8 Å². The van der Waals surface area contributed by atoms with Gasteiger partial charge in [-0.1, -0.05) is 177 Å². The number of nitrogens with zero attached hydrogens (tertiary/aromatic N) is 1. The summed E-state index contributed by atoms with van der Waals surface area (Å²) < 4.78 is 2.67. The Morgan fingerprint density at radius 2 is 0.935 bits per heavy atom. The molecule has 0 saturated carbocycles. The maximum Gasteiger partial charge on any atom is 0.0465 e. The largest absolute Gasteiger partial charge is 0.310 e. The first kappa shape index (κ1) is 39.2. The lowest BCUT2D eigenvalue weighted by atomic mass is 9.82. The topological polar surface area (TPSA) is 3.24 Å². The third kappa shape index (κ3) is 7.11. The molecule has 10 aromatic rings. The molecule has 1 heterocycles. The number of benzene rings is 9. The van der Waals surface area contributed by atoms with E-state index in [1.54, 1.807) is 0 Å². The molecule has 0 atom stereocenters. The Balaban J connectivity index is 0.000000598. The molecule has 9 aromatic carbocycles. The van der Waals surface area contributed by atoms with Crippen LogP contribution in [0.2, 0.25) is 0 Å². The standard InChI is InChI=1S/C53H41NS.C7H8/c1-34-12-5-6-13-42(34)48-32-38(21-20-35(48)2)36-22-26-39(27-23-36)54(41-30-31-45-44-14-7-9-18-49(44)53(3,4)50(45)33-41)40-28-24-37(25-29-40)43-16-11-17-47-46-15-8-10-19-51(46)55-52(43)47;1-7-5-3-2-4-6-7/h5-33H,1-4H3;2-6H,1H3. The van der Waals surface area contributed by atoms with Gasteiger partial charge in [0.25, 0.3) is 0 Å². The summed E-state index contributed by atoms with van der Waals surface area (Å²) in [5, 5.41) is 2.65. The van der Waals surface area contributed by atoms with Gasteiger partial charge < -0.3 is 4.90 Å². The third-order valence-corrected chi connectivity index (χ3v) is 14.0. The maximum atomic E-state index is 2.42. The van der Waals surface area contributed by atoms with Crippen LogP contribution in [0.15, 0.2) is 206 Å². The molecule has 0 unspecified atom stereocenters. The van der Waals surface area contributed by atoms with E-state index in [2.05, 4.69) is 228 Å². The molecule has 0 radical (unpaired) electrons. The highest BCUT2D eigenvalue weighted by molar-refractivity contribution is 7.26. The first-order valence-corrected chi connectivity index (χ1v) is 22.4. The van der Waals surface area contributed by atoms with Crippen molar-refractivity contribution in [1.82, 2.24) is 0 Å². The van der Waals surface area contributed by atoms with Crippen molar-refractivity contribution in [3.63, 3.8) is 0 Å². The monoisotopic (exact) mass is 815 g/mol. The fourth-order valence-electron chi connectivity index (χ4n) is 9.35. The molecule has 0 amide bonds. The number of hydrogen-bond acceptors (Lipinski definition) is 2. The second-order valence-corrected chi connectivity index (χ2v) is 18.2. The molecular formula is C60H49NS. The van der Waals surface area contributed by atoms with Crippen LogP contribution in [0.3, 0.4) is 0 Å². The zero-order valence-corrected chi connectivity index (χ0v) is 36.8. The predicted octanol–water partition coefficient (Wildman–Crippen LogP) is 17.4. The molecule has 300 valence electrons. The third-order valence-electron chi connectivity index (χ3n) is 12.7. The van der Waals surface area contributed by atoms with E-state index in [4.69, 9.17) is 0 Å². The highest BCUT2D eigenvalue weighted by Gasteiger charge is 2.35. The van der Waals surface area contributed by atoms with Crippen molar-refractivity contribution < 1.29 is 0 Å². The van der Waals surface area contributed by atoms with Crippen molar-refractivity contribution in [2.75, 3.05) is 4.90 Å². The lowest BCUT2D eigenvalue weighted by Gasteiger charge is -2.28. The summed E-state index contributed by atoms with van der Waals surface area (Å²) in [6, 6.07) is 75.4. The molecule has 1 aromatic heterocycles. The van der Waals surface area contributed by atoms with Gasteiger partial charge in [-0.05, 0) is 136 Å². The van der Waals surface area contributed by atoms with Gasteiger partial charge in [0.2, 0.25) is 0 Å². The van der Waals surface area contributed by atoms with Crippen molar-refractivity contribution in [2.24, 2.45) is 0 Å². The molecule has 1 nitrogen and oxygen atoms in total. The molecule has 1 aliphatic rings. The zero-order chi connectivity index (χ0) is 42.4. The van der Waals surface area contributed by atoms with Crippen LogP contribution in [-0.2, 0) is 5.41 Å². The van der Waals surface area contributed by atoms with Gasteiger partial charge in [-0.15, -0.1) is 11.3 Å². The van der Waals surface area contributed by atoms with Crippen LogP contribution < -0.4 is 4.90 Å². The van der Waals surface area contributed by atoms with E-state index in [1.165, 1.54) is 92.5 Å². The van der Waals surface area contributed by atoms with E-state index in [1.807, 2.05) is 29.5 Å². The Hall–Kier alpha value is -7.00. The van der Waals surface area contributed by atoms with Gasteiger partial charge in [0.15, 0.2) is 0 Å². The van der Waals surface area contributed by atoms with Crippen LogP contribution >= 0.6 is 11.3 Å². The normalized spacial score (nSPS) is 12.4. The summed E-state index contributed by atoms with van der Waals surface area (Å²) >= 11 is 1.88. The molecule has 0 spiro atoms. The van der Waals surface area contributed by atoms with Gasteiger partial charge >= 0.3 is 0 Å². The van der Waals surface area contributed by atoms with E-state index >= 15 is 0 Å². The minimum absolute atomic E-state index is 0.0927. The molecule has 0 aliphatic heterocycles. The molecule has 11 rings (SSSR count). The summed E-state index contributed by atoms with van der Waals surface area (Å²) in [6.45, 7) is 11.2.